The maximum atomic E-state index is 15.5. The molecular formula is C29H35F3N6O2. The lowest BCUT2D eigenvalue weighted by Crippen LogP contribution is -2.41. The third-order valence-electron chi connectivity index (χ3n) is 7.94. The van der Waals surface area contributed by atoms with Crippen LogP contribution in [-0.2, 0) is 17.6 Å². The van der Waals surface area contributed by atoms with Gasteiger partial charge in [-0.05, 0) is 69.0 Å². The highest BCUT2D eigenvalue weighted by Gasteiger charge is 2.45. The summed E-state index contributed by atoms with van der Waals surface area (Å²) >= 11 is 0. The molecule has 1 atom stereocenters. The van der Waals surface area contributed by atoms with Gasteiger partial charge in [0, 0.05) is 36.8 Å². The van der Waals surface area contributed by atoms with Gasteiger partial charge in [0.25, 0.3) is 0 Å². The van der Waals surface area contributed by atoms with Gasteiger partial charge in [0.1, 0.15) is 11.2 Å². The van der Waals surface area contributed by atoms with Crippen LogP contribution >= 0.6 is 0 Å². The molecule has 4 heterocycles. The van der Waals surface area contributed by atoms with Crippen molar-refractivity contribution >= 4 is 22.1 Å². The maximum Gasteiger partial charge on any atom is 0.330 e. The number of nitrogens with zero attached hydrogens (tertiary/aromatic N) is 6. The van der Waals surface area contributed by atoms with Crippen molar-refractivity contribution in [3.8, 4) is 11.1 Å². The zero-order chi connectivity index (χ0) is 28.8. The van der Waals surface area contributed by atoms with Crippen LogP contribution in [0, 0.1) is 5.41 Å². The Morgan fingerprint density at radius 2 is 1.77 bits per heavy atom. The fraction of sp³-hybridized carbons (Fsp3) is 0.517. The molecule has 1 saturated heterocycles. The van der Waals surface area contributed by atoms with E-state index in [4.69, 9.17) is 4.74 Å². The van der Waals surface area contributed by atoms with Gasteiger partial charge in [0.2, 0.25) is 0 Å². The second kappa shape index (κ2) is 10.6. The van der Waals surface area contributed by atoms with Crippen LogP contribution in [0.3, 0.4) is 0 Å². The summed E-state index contributed by atoms with van der Waals surface area (Å²) < 4.78 is 51.6. The summed E-state index contributed by atoms with van der Waals surface area (Å²) in [6.45, 7) is 10.1. The van der Waals surface area contributed by atoms with Gasteiger partial charge < -0.3 is 9.64 Å². The number of alkyl halides is 3. The molecule has 0 N–H and O–H groups in total. The molecule has 40 heavy (non-hydrogen) atoms. The second-order valence-corrected chi connectivity index (χ2v) is 11.6. The Labute approximate surface area is 230 Å². The minimum absolute atomic E-state index is 0.109. The predicted octanol–water partition coefficient (Wildman–Crippen LogP) is 5.45. The summed E-state index contributed by atoms with van der Waals surface area (Å²) in [7, 11) is 1.65. The van der Waals surface area contributed by atoms with E-state index in [0.717, 1.165) is 31.3 Å². The topological polar surface area (TPSA) is 78.1 Å². The summed E-state index contributed by atoms with van der Waals surface area (Å²) in [4.78, 5) is 19.0. The maximum absolute atomic E-state index is 15.5. The molecule has 0 radical (unpaired) electrons. The molecule has 11 heteroatoms. The molecule has 0 amide bonds. The van der Waals surface area contributed by atoms with Crippen LogP contribution in [0.5, 0.6) is 0 Å². The van der Waals surface area contributed by atoms with Crippen molar-refractivity contribution in [3.63, 3.8) is 0 Å². The molecule has 0 spiro atoms. The van der Waals surface area contributed by atoms with E-state index in [9.17, 15) is 13.6 Å². The van der Waals surface area contributed by atoms with Crippen molar-refractivity contribution in [1.82, 2.24) is 29.2 Å². The van der Waals surface area contributed by atoms with Crippen LogP contribution in [0.25, 0.3) is 33.2 Å². The number of ether oxygens (including phenoxy) is 1. The van der Waals surface area contributed by atoms with Gasteiger partial charge in [-0.3, -0.25) is 14.1 Å². The van der Waals surface area contributed by atoms with Gasteiger partial charge in [0.15, 0.2) is 5.65 Å². The highest BCUT2D eigenvalue weighted by molar-refractivity contribution is 6.02. The van der Waals surface area contributed by atoms with Gasteiger partial charge in [0.05, 0.1) is 12.1 Å². The van der Waals surface area contributed by atoms with Crippen LogP contribution in [0.15, 0.2) is 41.3 Å². The minimum atomic E-state index is -3.40. The third kappa shape index (κ3) is 5.12. The molecule has 0 aliphatic carbocycles. The van der Waals surface area contributed by atoms with Crippen LogP contribution in [0.2, 0.25) is 0 Å². The standard InChI is InChI=1S/C29H35F3N6O2/c1-18(2)38-24-21-16-19(6-8-22(21)34-35-25(24)36(5)27(38)39)20-7-9-23(33-17-20)29(32,26(30)31)40-15-14-37-12-10-28(3,4)11-13-37/h6-9,16-18,26H,10-15H2,1-5H3. The molecule has 3 aromatic heterocycles. The third-order valence-corrected chi connectivity index (χ3v) is 7.94. The summed E-state index contributed by atoms with van der Waals surface area (Å²) in [6, 6.07) is 8.10. The molecule has 1 aromatic carbocycles. The van der Waals surface area contributed by atoms with E-state index in [1.807, 2.05) is 19.9 Å². The summed E-state index contributed by atoms with van der Waals surface area (Å²) in [5, 5.41) is 9.22. The monoisotopic (exact) mass is 556 g/mol. The number of likely N-dealkylation sites (tertiary alicyclic amines) is 1. The molecule has 1 aliphatic rings. The Morgan fingerprint density at radius 1 is 1.07 bits per heavy atom. The average molecular weight is 557 g/mol. The summed E-state index contributed by atoms with van der Waals surface area (Å²) in [6.07, 6.45) is -0.0452. The molecule has 1 unspecified atom stereocenters. The molecule has 0 saturated carbocycles. The van der Waals surface area contributed by atoms with Crippen molar-refractivity contribution in [3.05, 3.63) is 52.7 Å². The number of imidazole rings is 1. The SMILES string of the molecule is CC(C)n1c(=O)n(C)c2nnc3ccc(-c4ccc(C(F)(OCCN5CCC(C)(C)CC5)C(F)F)nc4)cc3c21. The van der Waals surface area contributed by atoms with Crippen molar-refractivity contribution in [1.29, 1.82) is 0 Å². The first-order chi connectivity index (χ1) is 18.9. The predicted molar refractivity (Wildman–Crippen MR) is 148 cm³/mol. The molecule has 1 fully saturated rings. The van der Waals surface area contributed by atoms with Crippen molar-refractivity contribution in [2.45, 2.75) is 58.9 Å². The number of piperidine rings is 1. The molecule has 4 aromatic rings. The Bertz CT molecular complexity index is 1570. The molecule has 214 valence electrons. The fourth-order valence-electron chi connectivity index (χ4n) is 5.27. The van der Waals surface area contributed by atoms with Gasteiger partial charge in [-0.2, -0.15) is 4.39 Å². The van der Waals surface area contributed by atoms with Crippen molar-refractivity contribution < 1.29 is 17.9 Å². The Hall–Kier alpha value is -3.31. The number of benzene rings is 1. The van der Waals surface area contributed by atoms with Gasteiger partial charge in [-0.1, -0.05) is 26.0 Å². The van der Waals surface area contributed by atoms with E-state index in [1.54, 1.807) is 29.8 Å². The summed E-state index contributed by atoms with van der Waals surface area (Å²) in [5.41, 5.74) is 2.62. The fourth-order valence-corrected chi connectivity index (χ4v) is 5.27. The number of aryl methyl sites for hydroxylation is 1. The number of hydrogen-bond acceptors (Lipinski definition) is 6. The van der Waals surface area contributed by atoms with E-state index >= 15 is 4.39 Å². The second-order valence-electron chi connectivity index (χ2n) is 11.6. The van der Waals surface area contributed by atoms with E-state index < -0.39 is 18.0 Å². The first-order valence-electron chi connectivity index (χ1n) is 13.6. The molecular weight excluding hydrogens is 521 g/mol. The van der Waals surface area contributed by atoms with Crippen LogP contribution in [0.1, 0.15) is 52.3 Å². The molecule has 8 nitrogen and oxygen atoms in total. The first kappa shape index (κ1) is 28.2. The largest absolute Gasteiger partial charge is 0.335 e. The number of halogens is 3. The lowest BCUT2D eigenvalue weighted by molar-refractivity contribution is -0.234. The smallest absolute Gasteiger partial charge is 0.330 e. The normalized spacial score (nSPS) is 17.8. The molecule has 5 rings (SSSR count). The lowest BCUT2D eigenvalue weighted by Gasteiger charge is -2.37. The highest BCUT2D eigenvalue weighted by Crippen LogP contribution is 2.35. The Kier molecular flexibility index (Phi) is 7.47. The highest BCUT2D eigenvalue weighted by atomic mass is 19.3. The average Bonchev–Trinajstić information content (AvgIpc) is 3.19. The van der Waals surface area contributed by atoms with Crippen LogP contribution in [-0.4, -0.2) is 61.9 Å². The van der Waals surface area contributed by atoms with E-state index in [2.05, 4.69) is 33.9 Å². The minimum Gasteiger partial charge on any atom is -0.335 e. The van der Waals surface area contributed by atoms with Crippen molar-refractivity contribution in [2.75, 3.05) is 26.2 Å². The molecule has 0 bridgehead atoms. The summed E-state index contributed by atoms with van der Waals surface area (Å²) in [5.74, 6) is -3.31. The van der Waals surface area contributed by atoms with E-state index in [-0.39, 0.29) is 23.8 Å². The van der Waals surface area contributed by atoms with Gasteiger partial charge >= 0.3 is 18.0 Å². The van der Waals surface area contributed by atoms with Crippen molar-refractivity contribution in [2.24, 2.45) is 12.5 Å². The number of aromatic nitrogens is 5. The first-order valence-corrected chi connectivity index (χ1v) is 13.6. The zero-order valence-corrected chi connectivity index (χ0v) is 23.5. The quantitative estimate of drug-likeness (QED) is 0.287. The Morgan fingerprint density at radius 3 is 2.40 bits per heavy atom. The Balaban J connectivity index is 1.40. The number of hydrogen-bond donors (Lipinski definition) is 0. The van der Waals surface area contributed by atoms with E-state index in [0.29, 0.717) is 34.4 Å². The van der Waals surface area contributed by atoms with Gasteiger partial charge in [-0.25, -0.2) is 13.6 Å². The lowest BCUT2D eigenvalue weighted by atomic mass is 9.83. The number of fused-ring (bicyclic) bond motifs is 3. The number of rotatable bonds is 8. The zero-order valence-electron chi connectivity index (χ0n) is 23.5. The van der Waals surface area contributed by atoms with Gasteiger partial charge in [-0.15, -0.1) is 10.2 Å². The number of pyridine rings is 1. The van der Waals surface area contributed by atoms with E-state index in [1.165, 1.54) is 16.8 Å². The molecule has 1 aliphatic heterocycles. The van der Waals surface area contributed by atoms with Crippen LogP contribution < -0.4 is 5.69 Å². The van der Waals surface area contributed by atoms with Crippen LogP contribution in [0.4, 0.5) is 13.2 Å².